The maximum absolute atomic E-state index is 12.2. The van der Waals surface area contributed by atoms with E-state index in [9.17, 15) is 18.5 Å². The van der Waals surface area contributed by atoms with E-state index in [1.54, 1.807) is 6.20 Å². The standard InChI is InChI=1S/C16H20N4O3S/c1-12-3-2-8-20(10-12)11-13(9-17)16(21)19-14-4-6-15(7-5-14)24(18,22)23/h4-7,11-12H,2-3,8,10H2,1H3,(H,19,21)(H2,18,22,23)/b13-11-. The van der Waals surface area contributed by atoms with Crippen LogP contribution in [-0.4, -0.2) is 32.3 Å². The van der Waals surface area contributed by atoms with Gasteiger partial charge in [0.25, 0.3) is 5.91 Å². The molecule has 0 saturated carbocycles. The molecule has 1 fully saturated rings. The van der Waals surface area contributed by atoms with Gasteiger partial charge in [-0.05, 0) is 43.0 Å². The van der Waals surface area contributed by atoms with Crippen molar-refractivity contribution in [2.45, 2.75) is 24.7 Å². The third kappa shape index (κ3) is 4.81. The van der Waals surface area contributed by atoms with Crippen molar-refractivity contribution in [3.63, 3.8) is 0 Å². The number of sulfonamides is 1. The lowest BCUT2D eigenvalue weighted by atomic mass is 10.0. The Morgan fingerprint density at radius 2 is 2.08 bits per heavy atom. The summed E-state index contributed by atoms with van der Waals surface area (Å²) in [5.74, 6) is 0.00263. The number of hydrogen-bond donors (Lipinski definition) is 2. The predicted octanol–water partition coefficient (Wildman–Crippen LogP) is 1.41. The Balaban J connectivity index is 2.08. The van der Waals surface area contributed by atoms with Crippen LogP contribution in [0.15, 0.2) is 40.9 Å². The number of rotatable bonds is 4. The largest absolute Gasteiger partial charge is 0.376 e. The smallest absolute Gasteiger partial charge is 0.267 e. The number of anilines is 1. The third-order valence-corrected chi connectivity index (χ3v) is 4.74. The summed E-state index contributed by atoms with van der Waals surface area (Å²) in [7, 11) is -3.78. The van der Waals surface area contributed by atoms with Gasteiger partial charge in [-0.1, -0.05) is 6.92 Å². The van der Waals surface area contributed by atoms with Gasteiger partial charge in [-0.25, -0.2) is 13.6 Å². The number of carbonyl (C=O) groups is 1. The van der Waals surface area contributed by atoms with Crippen molar-refractivity contribution in [1.29, 1.82) is 5.26 Å². The number of nitrogens with zero attached hydrogens (tertiary/aromatic N) is 2. The Morgan fingerprint density at radius 3 is 2.62 bits per heavy atom. The summed E-state index contributed by atoms with van der Waals surface area (Å²) in [5, 5.41) is 16.8. The summed E-state index contributed by atoms with van der Waals surface area (Å²) in [6, 6.07) is 7.36. The molecule has 1 saturated heterocycles. The number of nitrogens with one attached hydrogen (secondary N) is 1. The lowest BCUT2D eigenvalue weighted by Crippen LogP contribution is -2.31. The summed E-state index contributed by atoms with van der Waals surface area (Å²) in [6.07, 6.45) is 3.77. The molecule has 8 heteroatoms. The molecule has 2 rings (SSSR count). The van der Waals surface area contributed by atoms with Crippen LogP contribution >= 0.6 is 0 Å². The normalized spacial score (nSPS) is 18.8. The first-order chi connectivity index (χ1) is 11.3. The Bertz CT molecular complexity index is 779. The SMILES string of the molecule is CC1CCCN(/C=C(/C#N)C(=O)Nc2ccc(S(N)(=O)=O)cc2)C1. The fourth-order valence-corrected chi connectivity index (χ4v) is 3.11. The van der Waals surface area contributed by atoms with Gasteiger partial charge < -0.3 is 10.2 Å². The quantitative estimate of drug-likeness (QED) is 0.630. The Labute approximate surface area is 141 Å². The van der Waals surface area contributed by atoms with E-state index < -0.39 is 15.9 Å². The number of carbonyl (C=O) groups excluding carboxylic acids is 1. The van der Waals surface area contributed by atoms with Crippen LogP contribution in [-0.2, 0) is 14.8 Å². The molecule has 1 heterocycles. The molecule has 0 spiro atoms. The average molecular weight is 348 g/mol. The minimum Gasteiger partial charge on any atom is -0.376 e. The van der Waals surface area contributed by atoms with Gasteiger partial charge in [0.1, 0.15) is 11.6 Å². The molecule has 0 radical (unpaired) electrons. The fraction of sp³-hybridized carbons (Fsp3) is 0.375. The Hall–Kier alpha value is -2.37. The van der Waals surface area contributed by atoms with Crippen LogP contribution in [0.1, 0.15) is 19.8 Å². The number of nitriles is 1. The van der Waals surface area contributed by atoms with Crippen molar-refractivity contribution in [1.82, 2.24) is 4.90 Å². The maximum atomic E-state index is 12.2. The first-order valence-corrected chi connectivity index (χ1v) is 9.14. The average Bonchev–Trinajstić information content (AvgIpc) is 2.52. The molecule has 1 aromatic carbocycles. The summed E-state index contributed by atoms with van der Waals surface area (Å²) < 4.78 is 22.4. The van der Waals surface area contributed by atoms with Crippen LogP contribution in [0.3, 0.4) is 0 Å². The van der Waals surface area contributed by atoms with E-state index in [4.69, 9.17) is 5.14 Å². The van der Waals surface area contributed by atoms with Crippen molar-refractivity contribution in [3.05, 3.63) is 36.0 Å². The second-order valence-electron chi connectivity index (χ2n) is 5.92. The minimum atomic E-state index is -3.78. The monoisotopic (exact) mass is 348 g/mol. The van der Waals surface area contributed by atoms with Crippen LogP contribution in [0, 0.1) is 17.2 Å². The summed E-state index contributed by atoms with van der Waals surface area (Å²) >= 11 is 0. The molecule has 1 aromatic rings. The van der Waals surface area contributed by atoms with E-state index in [1.807, 2.05) is 11.0 Å². The van der Waals surface area contributed by atoms with Crippen molar-refractivity contribution < 1.29 is 13.2 Å². The van der Waals surface area contributed by atoms with Gasteiger partial charge in [0, 0.05) is 25.0 Å². The van der Waals surface area contributed by atoms with Gasteiger partial charge in [-0.15, -0.1) is 0 Å². The van der Waals surface area contributed by atoms with E-state index >= 15 is 0 Å². The first-order valence-electron chi connectivity index (χ1n) is 7.60. The molecule has 3 N–H and O–H groups in total. The molecule has 128 valence electrons. The van der Waals surface area contributed by atoms with E-state index in [0.29, 0.717) is 11.6 Å². The van der Waals surface area contributed by atoms with E-state index in [2.05, 4.69) is 12.2 Å². The van der Waals surface area contributed by atoms with Gasteiger partial charge in [0.2, 0.25) is 10.0 Å². The second-order valence-corrected chi connectivity index (χ2v) is 7.48. The van der Waals surface area contributed by atoms with Gasteiger partial charge in [-0.2, -0.15) is 5.26 Å². The van der Waals surface area contributed by atoms with Crippen LogP contribution in [0.25, 0.3) is 0 Å². The molecule has 1 amide bonds. The number of hydrogen-bond acceptors (Lipinski definition) is 5. The summed E-state index contributed by atoms with van der Waals surface area (Å²) in [4.78, 5) is 14.1. The fourth-order valence-electron chi connectivity index (χ4n) is 2.59. The Morgan fingerprint density at radius 1 is 1.42 bits per heavy atom. The van der Waals surface area contributed by atoms with Crippen molar-refractivity contribution in [2.75, 3.05) is 18.4 Å². The number of nitrogens with two attached hydrogens (primary N) is 1. The molecular weight excluding hydrogens is 328 g/mol. The van der Waals surface area contributed by atoms with E-state index in [-0.39, 0.29) is 10.5 Å². The number of amides is 1. The topological polar surface area (TPSA) is 116 Å². The number of primary sulfonamides is 1. The van der Waals surface area contributed by atoms with E-state index in [0.717, 1.165) is 25.9 Å². The van der Waals surface area contributed by atoms with Gasteiger partial charge in [-0.3, -0.25) is 4.79 Å². The Kier molecular flexibility index (Phi) is 5.59. The lowest BCUT2D eigenvalue weighted by Gasteiger charge is -2.29. The predicted molar refractivity (Wildman–Crippen MR) is 90.1 cm³/mol. The highest BCUT2D eigenvalue weighted by atomic mass is 32.2. The van der Waals surface area contributed by atoms with Crippen LogP contribution < -0.4 is 10.5 Å². The van der Waals surface area contributed by atoms with Crippen LogP contribution in [0.5, 0.6) is 0 Å². The molecule has 0 aromatic heterocycles. The molecule has 1 aliphatic heterocycles. The molecule has 24 heavy (non-hydrogen) atoms. The van der Waals surface area contributed by atoms with Crippen molar-refractivity contribution >= 4 is 21.6 Å². The van der Waals surface area contributed by atoms with Crippen LogP contribution in [0.4, 0.5) is 5.69 Å². The first kappa shape index (κ1) is 18.0. The highest BCUT2D eigenvalue weighted by Crippen LogP contribution is 2.17. The molecule has 0 aliphatic carbocycles. The molecule has 1 atom stereocenters. The summed E-state index contributed by atoms with van der Waals surface area (Å²) in [5.41, 5.74) is 0.403. The maximum Gasteiger partial charge on any atom is 0.267 e. The summed E-state index contributed by atoms with van der Waals surface area (Å²) in [6.45, 7) is 3.78. The number of benzene rings is 1. The molecule has 1 aliphatic rings. The minimum absolute atomic E-state index is 0.0135. The number of piperidine rings is 1. The van der Waals surface area contributed by atoms with Crippen molar-refractivity contribution in [3.8, 4) is 6.07 Å². The van der Waals surface area contributed by atoms with E-state index in [1.165, 1.54) is 24.3 Å². The van der Waals surface area contributed by atoms with Gasteiger partial charge in [0.05, 0.1) is 4.90 Å². The molecule has 7 nitrogen and oxygen atoms in total. The highest BCUT2D eigenvalue weighted by Gasteiger charge is 2.17. The number of likely N-dealkylation sites (tertiary alicyclic amines) is 1. The zero-order valence-corrected chi connectivity index (χ0v) is 14.2. The van der Waals surface area contributed by atoms with Crippen molar-refractivity contribution in [2.24, 2.45) is 11.1 Å². The highest BCUT2D eigenvalue weighted by molar-refractivity contribution is 7.89. The third-order valence-electron chi connectivity index (χ3n) is 3.81. The molecule has 0 bridgehead atoms. The van der Waals surface area contributed by atoms with Gasteiger partial charge in [0.15, 0.2) is 0 Å². The zero-order valence-electron chi connectivity index (χ0n) is 13.4. The lowest BCUT2D eigenvalue weighted by molar-refractivity contribution is -0.112. The second kappa shape index (κ2) is 7.47. The van der Waals surface area contributed by atoms with Crippen LogP contribution in [0.2, 0.25) is 0 Å². The molecule has 1 unspecified atom stereocenters. The molecular formula is C16H20N4O3S. The van der Waals surface area contributed by atoms with Gasteiger partial charge >= 0.3 is 0 Å². The zero-order chi connectivity index (χ0) is 17.7.